The molecule has 28 heavy (non-hydrogen) atoms. The summed E-state index contributed by atoms with van der Waals surface area (Å²) in [5, 5.41) is 2.81. The second-order valence-electron chi connectivity index (χ2n) is 6.57. The second-order valence-corrected chi connectivity index (χ2v) is 6.57. The van der Waals surface area contributed by atoms with Crippen LogP contribution in [-0.4, -0.2) is 33.4 Å². The summed E-state index contributed by atoms with van der Waals surface area (Å²) in [6.45, 7) is 1.79. The van der Waals surface area contributed by atoms with E-state index in [0.717, 1.165) is 0 Å². The molecule has 0 saturated heterocycles. The predicted molar refractivity (Wildman–Crippen MR) is 103 cm³/mol. The van der Waals surface area contributed by atoms with Crippen molar-refractivity contribution >= 4 is 17.4 Å². The molecule has 2 heterocycles. The molecule has 1 N–H and O–H groups in total. The molecule has 7 nitrogen and oxygen atoms in total. The normalized spacial score (nSPS) is 17.8. The zero-order chi connectivity index (χ0) is 19.7. The summed E-state index contributed by atoms with van der Waals surface area (Å²) in [4.78, 5) is 29.2. The summed E-state index contributed by atoms with van der Waals surface area (Å²) in [6.07, 6.45) is 2.09. The number of ether oxygens (including phenoxy) is 2. The number of para-hydroxylation sites is 2. The standard InChI is InChI=1S/C21H19N3O4/c1-13-19(28-17-6-4-3-5-16(17)27-13)21(26)23-15-9-7-14(8-10-15)18(25)20-22-11-12-24(20)2/h3-13,19H,1-2H3,(H,23,26)/t13-,19-/m0/s1. The molecule has 0 fully saturated rings. The minimum atomic E-state index is -0.774. The van der Waals surface area contributed by atoms with Crippen LogP contribution in [0.5, 0.6) is 11.5 Å². The van der Waals surface area contributed by atoms with Crippen molar-refractivity contribution in [2.24, 2.45) is 7.05 Å². The van der Waals surface area contributed by atoms with Crippen LogP contribution >= 0.6 is 0 Å². The molecule has 142 valence electrons. The molecule has 0 bridgehead atoms. The van der Waals surface area contributed by atoms with Crippen LogP contribution < -0.4 is 14.8 Å². The van der Waals surface area contributed by atoms with Gasteiger partial charge >= 0.3 is 0 Å². The molecule has 0 radical (unpaired) electrons. The van der Waals surface area contributed by atoms with Crippen molar-refractivity contribution in [2.75, 3.05) is 5.32 Å². The first-order valence-electron chi connectivity index (χ1n) is 8.88. The smallest absolute Gasteiger partial charge is 0.269 e. The molecule has 0 unspecified atom stereocenters. The number of carbonyl (C=O) groups excluding carboxylic acids is 2. The Bertz CT molecular complexity index is 1030. The van der Waals surface area contributed by atoms with E-state index in [1.807, 2.05) is 12.1 Å². The van der Waals surface area contributed by atoms with Gasteiger partial charge in [0.1, 0.15) is 6.10 Å². The third kappa shape index (κ3) is 3.34. The van der Waals surface area contributed by atoms with Gasteiger partial charge in [-0.1, -0.05) is 12.1 Å². The molecule has 1 aliphatic rings. The lowest BCUT2D eigenvalue weighted by Crippen LogP contribution is -2.46. The minimum Gasteiger partial charge on any atom is -0.482 e. The summed E-state index contributed by atoms with van der Waals surface area (Å²) in [7, 11) is 1.76. The van der Waals surface area contributed by atoms with Crippen LogP contribution in [0, 0.1) is 0 Å². The molecule has 1 aromatic heterocycles. The molecule has 2 atom stereocenters. The van der Waals surface area contributed by atoms with Gasteiger partial charge in [-0.2, -0.15) is 0 Å². The van der Waals surface area contributed by atoms with Gasteiger partial charge in [0.05, 0.1) is 0 Å². The van der Waals surface area contributed by atoms with Crippen LogP contribution in [0.15, 0.2) is 60.9 Å². The van der Waals surface area contributed by atoms with E-state index in [0.29, 0.717) is 28.6 Å². The topological polar surface area (TPSA) is 82.4 Å². The number of benzene rings is 2. The second kappa shape index (κ2) is 7.19. The number of amides is 1. The quantitative estimate of drug-likeness (QED) is 0.707. The van der Waals surface area contributed by atoms with Crippen LogP contribution in [0.3, 0.4) is 0 Å². The summed E-state index contributed by atoms with van der Waals surface area (Å²) in [5.41, 5.74) is 1.06. The lowest BCUT2D eigenvalue weighted by Gasteiger charge is -2.31. The van der Waals surface area contributed by atoms with Gasteiger partial charge in [0, 0.05) is 30.7 Å². The number of hydrogen-bond acceptors (Lipinski definition) is 5. The first kappa shape index (κ1) is 17.8. The van der Waals surface area contributed by atoms with Crippen LogP contribution in [0.25, 0.3) is 0 Å². The molecular weight excluding hydrogens is 358 g/mol. The third-order valence-corrected chi connectivity index (χ3v) is 4.54. The van der Waals surface area contributed by atoms with Crippen molar-refractivity contribution < 1.29 is 19.1 Å². The summed E-state index contributed by atoms with van der Waals surface area (Å²) in [6, 6.07) is 13.9. The number of nitrogens with one attached hydrogen (secondary N) is 1. The number of aromatic nitrogens is 2. The van der Waals surface area contributed by atoms with Gasteiger partial charge in [0.15, 0.2) is 17.3 Å². The lowest BCUT2D eigenvalue weighted by atomic mass is 10.1. The zero-order valence-corrected chi connectivity index (χ0v) is 15.5. The highest BCUT2D eigenvalue weighted by Gasteiger charge is 2.34. The Labute approximate surface area is 161 Å². The van der Waals surface area contributed by atoms with Crippen molar-refractivity contribution in [2.45, 2.75) is 19.1 Å². The molecule has 4 rings (SSSR count). The van der Waals surface area contributed by atoms with Gasteiger partial charge in [-0.05, 0) is 43.3 Å². The van der Waals surface area contributed by atoms with E-state index < -0.39 is 12.2 Å². The maximum absolute atomic E-state index is 12.6. The number of imidazole rings is 1. The number of carbonyl (C=O) groups is 2. The number of ketones is 1. The number of hydrogen-bond donors (Lipinski definition) is 1. The Kier molecular flexibility index (Phi) is 4.57. The largest absolute Gasteiger partial charge is 0.482 e. The molecule has 7 heteroatoms. The van der Waals surface area contributed by atoms with Gasteiger partial charge in [-0.25, -0.2) is 4.98 Å². The van der Waals surface area contributed by atoms with Crippen LogP contribution in [0.1, 0.15) is 23.1 Å². The van der Waals surface area contributed by atoms with E-state index in [4.69, 9.17) is 9.47 Å². The van der Waals surface area contributed by atoms with Gasteiger partial charge in [-0.3, -0.25) is 9.59 Å². The van der Waals surface area contributed by atoms with Crippen molar-refractivity contribution in [1.29, 1.82) is 0 Å². The maximum atomic E-state index is 12.6. The molecule has 0 saturated carbocycles. The Balaban J connectivity index is 1.45. The fourth-order valence-corrected chi connectivity index (χ4v) is 3.04. The van der Waals surface area contributed by atoms with Crippen LogP contribution in [0.2, 0.25) is 0 Å². The molecule has 0 aliphatic carbocycles. The van der Waals surface area contributed by atoms with E-state index in [2.05, 4.69) is 10.3 Å². The zero-order valence-electron chi connectivity index (χ0n) is 15.5. The molecule has 2 aromatic carbocycles. The van der Waals surface area contributed by atoms with Crippen molar-refractivity contribution in [3.63, 3.8) is 0 Å². The van der Waals surface area contributed by atoms with E-state index in [-0.39, 0.29) is 11.7 Å². The fourth-order valence-electron chi connectivity index (χ4n) is 3.04. The predicted octanol–water partition coefficient (Wildman–Crippen LogP) is 2.82. The summed E-state index contributed by atoms with van der Waals surface area (Å²) in [5.74, 6) is 1.02. The molecule has 1 amide bonds. The minimum absolute atomic E-state index is 0.181. The monoisotopic (exact) mass is 377 g/mol. The van der Waals surface area contributed by atoms with E-state index in [1.165, 1.54) is 0 Å². The highest BCUT2D eigenvalue weighted by molar-refractivity contribution is 6.07. The molecule has 0 spiro atoms. The van der Waals surface area contributed by atoms with Crippen molar-refractivity contribution in [1.82, 2.24) is 9.55 Å². The summed E-state index contributed by atoms with van der Waals surface area (Å²) >= 11 is 0. The number of aryl methyl sites for hydroxylation is 1. The number of fused-ring (bicyclic) bond motifs is 1. The summed E-state index contributed by atoms with van der Waals surface area (Å²) < 4.78 is 13.2. The number of anilines is 1. The van der Waals surface area contributed by atoms with Crippen molar-refractivity contribution in [3.05, 3.63) is 72.3 Å². The van der Waals surface area contributed by atoms with E-state index >= 15 is 0 Å². The van der Waals surface area contributed by atoms with Gasteiger partial charge in [0.2, 0.25) is 11.9 Å². The average Bonchev–Trinajstić information content (AvgIpc) is 3.13. The van der Waals surface area contributed by atoms with Gasteiger partial charge in [0.25, 0.3) is 5.91 Å². The van der Waals surface area contributed by atoms with Crippen LogP contribution in [0.4, 0.5) is 5.69 Å². The Morgan fingerprint density at radius 1 is 1.04 bits per heavy atom. The van der Waals surface area contributed by atoms with Gasteiger partial charge in [-0.15, -0.1) is 0 Å². The first-order chi connectivity index (χ1) is 13.5. The number of rotatable bonds is 4. The number of nitrogens with zero attached hydrogens (tertiary/aromatic N) is 2. The first-order valence-corrected chi connectivity index (χ1v) is 8.88. The highest BCUT2D eigenvalue weighted by Crippen LogP contribution is 2.33. The van der Waals surface area contributed by atoms with Gasteiger partial charge < -0.3 is 19.4 Å². The van der Waals surface area contributed by atoms with Crippen LogP contribution in [-0.2, 0) is 11.8 Å². The Hall–Kier alpha value is -3.61. The Morgan fingerprint density at radius 2 is 1.71 bits per heavy atom. The van der Waals surface area contributed by atoms with E-state index in [9.17, 15) is 9.59 Å². The highest BCUT2D eigenvalue weighted by atomic mass is 16.6. The molecule has 3 aromatic rings. The Morgan fingerprint density at radius 3 is 2.36 bits per heavy atom. The van der Waals surface area contributed by atoms with E-state index in [1.54, 1.807) is 67.3 Å². The lowest BCUT2D eigenvalue weighted by molar-refractivity contribution is -0.128. The SMILES string of the molecule is C[C@@H]1Oc2ccccc2O[C@@H]1C(=O)Nc1ccc(C(=O)c2nccn2C)cc1. The molecular formula is C21H19N3O4. The maximum Gasteiger partial charge on any atom is 0.269 e. The fraction of sp³-hybridized carbons (Fsp3) is 0.190. The molecule has 1 aliphatic heterocycles. The average molecular weight is 377 g/mol. The van der Waals surface area contributed by atoms with Crippen molar-refractivity contribution in [3.8, 4) is 11.5 Å². The third-order valence-electron chi connectivity index (χ3n) is 4.54.